The molecule has 0 bridgehead atoms. The van der Waals surface area contributed by atoms with Crippen molar-refractivity contribution >= 4 is 16.9 Å². The molecule has 2 N–H and O–H groups in total. The molecule has 1 aromatic heterocycles. The summed E-state index contributed by atoms with van der Waals surface area (Å²) in [6, 6.07) is 17.6. The van der Waals surface area contributed by atoms with Gasteiger partial charge in [-0.3, -0.25) is 4.79 Å². The first-order valence-electron chi connectivity index (χ1n) is 8.55. The number of hydrogen-bond acceptors (Lipinski definition) is 3. The van der Waals surface area contributed by atoms with Gasteiger partial charge < -0.3 is 14.8 Å². The molecule has 0 fully saturated rings. The molecule has 0 aliphatic heterocycles. The standard InChI is InChI=1S/C21H23NO3/c1-14(23)12-17(16-8-4-3-5-9-16)13-22-21(24)20-15(2)18-10-6-7-11-19(18)25-20/h3-11,14,17,23H,12-13H2,1-2H3,(H,22,24). The van der Waals surface area contributed by atoms with Gasteiger partial charge in [-0.05, 0) is 31.9 Å². The van der Waals surface area contributed by atoms with Crippen molar-refractivity contribution in [2.45, 2.75) is 32.3 Å². The fourth-order valence-corrected chi connectivity index (χ4v) is 3.16. The smallest absolute Gasteiger partial charge is 0.287 e. The minimum atomic E-state index is -0.435. The number of hydrogen-bond donors (Lipinski definition) is 2. The number of benzene rings is 2. The summed E-state index contributed by atoms with van der Waals surface area (Å²) in [5.41, 5.74) is 2.67. The normalized spacial score (nSPS) is 13.6. The highest BCUT2D eigenvalue weighted by molar-refractivity contribution is 5.98. The van der Waals surface area contributed by atoms with Gasteiger partial charge in [0.2, 0.25) is 0 Å². The topological polar surface area (TPSA) is 62.5 Å². The Hall–Kier alpha value is -2.59. The predicted octanol–water partition coefficient (Wildman–Crippen LogP) is 4.03. The second-order valence-corrected chi connectivity index (χ2v) is 6.45. The fraction of sp³-hybridized carbons (Fsp3) is 0.286. The Morgan fingerprint density at radius 3 is 2.48 bits per heavy atom. The van der Waals surface area contributed by atoms with E-state index in [1.807, 2.05) is 61.5 Å². The van der Waals surface area contributed by atoms with Crippen LogP contribution in [0.4, 0.5) is 0 Å². The van der Waals surface area contributed by atoms with Gasteiger partial charge in [0.05, 0.1) is 6.10 Å². The lowest BCUT2D eigenvalue weighted by atomic mass is 9.93. The van der Waals surface area contributed by atoms with E-state index in [1.54, 1.807) is 6.92 Å². The van der Waals surface area contributed by atoms with E-state index in [0.29, 0.717) is 24.3 Å². The third kappa shape index (κ3) is 3.91. The average Bonchev–Trinajstić information content (AvgIpc) is 2.96. The zero-order chi connectivity index (χ0) is 17.8. The van der Waals surface area contributed by atoms with Crippen LogP contribution in [0.1, 0.15) is 40.9 Å². The molecular weight excluding hydrogens is 314 g/mol. The Balaban J connectivity index is 1.75. The van der Waals surface area contributed by atoms with E-state index in [-0.39, 0.29) is 11.8 Å². The van der Waals surface area contributed by atoms with Crippen LogP contribution in [0.5, 0.6) is 0 Å². The summed E-state index contributed by atoms with van der Waals surface area (Å²) in [4.78, 5) is 12.6. The maximum Gasteiger partial charge on any atom is 0.287 e. The van der Waals surface area contributed by atoms with Crippen molar-refractivity contribution in [2.24, 2.45) is 0 Å². The first-order chi connectivity index (χ1) is 12.1. The number of fused-ring (bicyclic) bond motifs is 1. The van der Waals surface area contributed by atoms with Gasteiger partial charge >= 0.3 is 0 Å². The molecule has 0 spiro atoms. The quantitative estimate of drug-likeness (QED) is 0.714. The third-order valence-electron chi connectivity index (χ3n) is 4.46. The van der Waals surface area contributed by atoms with Crippen LogP contribution in [0.15, 0.2) is 59.0 Å². The highest BCUT2D eigenvalue weighted by Crippen LogP contribution is 2.25. The number of carbonyl (C=O) groups is 1. The molecule has 0 aliphatic carbocycles. The van der Waals surface area contributed by atoms with Crippen molar-refractivity contribution in [1.29, 1.82) is 0 Å². The Bertz CT molecular complexity index is 852. The molecule has 0 saturated carbocycles. The minimum absolute atomic E-state index is 0.0508. The molecule has 2 atom stereocenters. The summed E-state index contributed by atoms with van der Waals surface area (Å²) in [6.45, 7) is 4.11. The van der Waals surface area contributed by atoms with Crippen LogP contribution in [-0.4, -0.2) is 23.7 Å². The highest BCUT2D eigenvalue weighted by atomic mass is 16.3. The molecule has 130 valence electrons. The molecule has 1 heterocycles. The number of carbonyl (C=O) groups excluding carboxylic acids is 1. The van der Waals surface area contributed by atoms with Crippen LogP contribution < -0.4 is 5.32 Å². The summed E-state index contributed by atoms with van der Waals surface area (Å²) in [7, 11) is 0. The number of aliphatic hydroxyl groups excluding tert-OH is 1. The summed E-state index contributed by atoms with van der Waals surface area (Å²) < 4.78 is 5.72. The molecule has 3 aromatic rings. The Morgan fingerprint density at radius 1 is 1.12 bits per heavy atom. The lowest BCUT2D eigenvalue weighted by molar-refractivity contribution is 0.0919. The maximum atomic E-state index is 12.6. The molecule has 1 amide bonds. The first kappa shape index (κ1) is 17.2. The lowest BCUT2D eigenvalue weighted by Crippen LogP contribution is -2.29. The number of aliphatic hydroxyl groups is 1. The number of nitrogens with one attached hydrogen (secondary N) is 1. The monoisotopic (exact) mass is 337 g/mol. The molecule has 0 saturated heterocycles. The van der Waals surface area contributed by atoms with Crippen LogP contribution in [0.3, 0.4) is 0 Å². The van der Waals surface area contributed by atoms with Crippen molar-refractivity contribution in [3.8, 4) is 0 Å². The van der Waals surface area contributed by atoms with Gasteiger partial charge in [-0.15, -0.1) is 0 Å². The van der Waals surface area contributed by atoms with Gasteiger partial charge in [0.25, 0.3) is 5.91 Å². The van der Waals surface area contributed by atoms with Crippen molar-refractivity contribution < 1.29 is 14.3 Å². The zero-order valence-corrected chi connectivity index (χ0v) is 14.5. The summed E-state index contributed by atoms with van der Waals surface area (Å²) in [5, 5.41) is 13.7. The zero-order valence-electron chi connectivity index (χ0n) is 14.5. The van der Waals surface area contributed by atoms with Crippen LogP contribution in [0.2, 0.25) is 0 Å². The number of aryl methyl sites for hydroxylation is 1. The SMILES string of the molecule is Cc1c(C(=O)NCC(CC(C)O)c2ccccc2)oc2ccccc12. The lowest BCUT2D eigenvalue weighted by Gasteiger charge is -2.19. The van der Waals surface area contributed by atoms with E-state index in [9.17, 15) is 9.90 Å². The molecular formula is C21H23NO3. The van der Waals surface area contributed by atoms with Gasteiger partial charge in [0, 0.05) is 23.4 Å². The summed E-state index contributed by atoms with van der Waals surface area (Å²) in [5.74, 6) is 0.181. The molecule has 3 rings (SSSR count). The highest BCUT2D eigenvalue weighted by Gasteiger charge is 2.20. The van der Waals surface area contributed by atoms with E-state index in [2.05, 4.69) is 5.32 Å². The molecule has 4 heteroatoms. The fourth-order valence-electron chi connectivity index (χ4n) is 3.16. The van der Waals surface area contributed by atoms with Crippen LogP contribution in [-0.2, 0) is 0 Å². The Labute approximate surface area is 147 Å². The minimum Gasteiger partial charge on any atom is -0.451 e. The molecule has 4 nitrogen and oxygen atoms in total. The van der Waals surface area contributed by atoms with E-state index in [1.165, 1.54) is 0 Å². The van der Waals surface area contributed by atoms with Crippen LogP contribution in [0, 0.1) is 6.92 Å². The second kappa shape index (κ2) is 7.53. The van der Waals surface area contributed by atoms with E-state index < -0.39 is 6.10 Å². The van der Waals surface area contributed by atoms with Gasteiger partial charge in [0.15, 0.2) is 5.76 Å². The summed E-state index contributed by atoms with van der Waals surface area (Å²) >= 11 is 0. The van der Waals surface area contributed by atoms with Gasteiger partial charge in [-0.2, -0.15) is 0 Å². The second-order valence-electron chi connectivity index (χ2n) is 6.45. The van der Waals surface area contributed by atoms with E-state index in [0.717, 1.165) is 16.5 Å². The van der Waals surface area contributed by atoms with E-state index >= 15 is 0 Å². The Kier molecular flexibility index (Phi) is 5.19. The van der Waals surface area contributed by atoms with Gasteiger partial charge in [-0.25, -0.2) is 0 Å². The van der Waals surface area contributed by atoms with Crippen molar-refractivity contribution in [3.05, 3.63) is 71.5 Å². The number of rotatable bonds is 6. The Morgan fingerprint density at radius 2 is 1.80 bits per heavy atom. The van der Waals surface area contributed by atoms with Crippen molar-refractivity contribution in [1.82, 2.24) is 5.32 Å². The predicted molar refractivity (Wildman–Crippen MR) is 98.8 cm³/mol. The molecule has 2 aromatic carbocycles. The molecule has 2 unspecified atom stereocenters. The largest absolute Gasteiger partial charge is 0.451 e. The maximum absolute atomic E-state index is 12.6. The number of para-hydroxylation sites is 1. The van der Waals surface area contributed by atoms with Gasteiger partial charge in [0.1, 0.15) is 5.58 Å². The number of amides is 1. The van der Waals surface area contributed by atoms with Crippen LogP contribution in [0.25, 0.3) is 11.0 Å². The molecule has 0 aliphatic rings. The molecule has 25 heavy (non-hydrogen) atoms. The average molecular weight is 337 g/mol. The van der Waals surface area contributed by atoms with Gasteiger partial charge in [-0.1, -0.05) is 48.5 Å². The first-order valence-corrected chi connectivity index (χ1v) is 8.55. The summed E-state index contributed by atoms with van der Waals surface area (Å²) in [6.07, 6.45) is 0.152. The van der Waals surface area contributed by atoms with Crippen molar-refractivity contribution in [2.75, 3.05) is 6.54 Å². The third-order valence-corrected chi connectivity index (χ3v) is 4.46. The van der Waals surface area contributed by atoms with E-state index in [4.69, 9.17) is 4.42 Å². The molecule has 0 radical (unpaired) electrons. The number of furan rings is 1. The van der Waals surface area contributed by atoms with Crippen molar-refractivity contribution in [3.63, 3.8) is 0 Å². The van der Waals surface area contributed by atoms with Crippen LogP contribution >= 0.6 is 0 Å².